The van der Waals surface area contributed by atoms with Crippen LogP contribution >= 0.6 is 0 Å². The summed E-state index contributed by atoms with van der Waals surface area (Å²) in [6.45, 7) is 4.83. The third-order valence-electron chi connectivity index (χ3n) is 3.85. The van der Waals surface area contributed by atoms with E-state index in [0.717, 1.165) is 5.56 Å². The van der Waals surface area contributed by atoms with Crippen molar-refractivity contribution in [1.29, 1.82) is 0 Å². The van der Waals surface area contributed by atoms with E-state index in [1.54, 1.807) is 0 Å². The minimum atomic E-state index is -0.0609. The van der Waals surface area contributed by atoms with E-state index in [9.17, 15) is 4.79 Å². The first-order valence-corrected chi connectivity index (χ1v) is 7.03. The fraction of sp³-hybridized carbons (Fsp3) is 0.533. The number of nitrogens with one attached hydrogen (secondary N) is 1. The molecule has 108 valence electrons. The zero-order valence-electron chi connectivity index (χ0n) is 11.7. The van der Waals surface area contributed by atoms with Crippen molar-refractivity contribution < 1.29 is 14.3 Å². The van der Waals surface area contributed by atoms with Crippen molar-refractivity contribution >= 4 is 5.91 Å². The zero-order chi connectivity index (χ0) is 13.9. The molecule has 0 bridgehead atoms. The minimum absolute atomic E-state index is 0.0286. The van der Waals surface area contributed by atoms with Gasteiger partial charge in [0.2, 0.25) is 5.91 Å². The number of ether oxygens (including phenoxy) is 2. The van der Waals surface area contributed by atoms with Crippen LogP contribution < -0.4 is 5.32 Å². The number of aryl methyl sites for hydroxylation is 1. The summed E-state index contributed by atoms with van der Waals surface area (Å²) >= 11 is 0. The van der Waals surface area contributed by atoms with Crippen LogP contribution in [-0.2, 0) is 14.3 Å². The van der Waals surface area contributed by atoms with Gasteiger partial charge in [0, 0.05) is 0 Å². The SMILES string of the molecule is Cc1ccccc1C1NCC(=O)N1CC1COCCO1. The van der Waals surface area contributed by atoms with Gasteiger partial charge >= 0.3 is 0 Å². The molecule has 2 saturated heterocycles. The molecule has 0 radical (unpaired) electrons. The van der Waals surface area contributed by atoms with Crippen molar-refractivity contribution in [1.82, 2.24) is 10.2 Å². The van der Waals surface area contributed by atoms with Crippen LogP contribution in [0.15, 0.2) is 24.3 Å². The molecular formula is C15H20N2O3. The van der Waals surface area contributed by atoms with E-state index in [0.29, 0.717) is 32.9 Å². The highest BCUT2D eigenvalue weighted by Gasteiger charge is 2.34. The molecule has 20 heavy (non-hydrogen) atoms. The van der Waals surface area contributed by atoms with Gasteiger partial charge in [-0.1, -0.05) is 24.3 Å². The first-order valence-electron chi connectivity index (χ1n) is 7.03. The molecule has 3 rings (SSSR count). The molecule has 0 aromatic heterocycles. The Hall–Kier alpha value is -1.43. The second-order valence-corrected chi connectivity index (χ2v) is 5.25. The maximum atomic E-state index is 12.1. The van der Waals surface area contributed by atoms with Gasteiger partial charge in [0.15, 0.2) is 0 Å². The number of hydrogen-bond acceptors (Lipinski definition) is 4. The maximum Gasteiger partial charge on any atom is 0.238 e. The molecule has 0 saturated carbocycles. The van der Waals surface area contributed by atoms with Gasteiger partial charge in [-0.3, -0.25) is 10.1 Å². The summed E-state index contributed by atoms with van der Waals surface area (Å²) in [5, 5.41) is 3.28. The molecule has 2 fully saturated rings. The number of amides is 1. The Bertz CT molecular complexity index is 486. The number of rotatable bonds is 3. The summed E-state index contributed by atoms with van der Waals surface area (Å²) in [6.07, 6.45) is -0.0895. The zero-order valence-corrected chi connectivity index (χ0v) is 11.7. The van der Waals surface area contributed by atoms with Crippen molar-refractivity contribution in [3.05, 3.63) is 35.4 Å². The van der Waals surface area contributed by atoms with Crippen LogP contribution in [0.1, 0.15) is 17.3 Å². The monoisotopic (exact) mass is 276 g/mol. The second kappa shape index (κ2) is 5.91. The van der Waals surface area contributed by atoms with E-state index in [-0.39, 0.29) is 18.2 Å². The molecule has 0 aliphatic carbocycles. The molecular weight excluding hydrogens is 256 g/mol. The predicted octanol–water partition coefficient (Wildman–Crippen LogP) is 0.841. The summed E-state index contributed by atoms with van der Waals surface area (Å²) in [7, 11) is 0. The molecule has 2 unspecified atom stereocenters. The van der Waals surface area contributed by atoms with Gasteiger partial charge in [-0.05, 0) is 18.1 Å². The van der Waals surface area contributed by atoms with E-state index in [1.807, 2.05) is 17.0 Å². The van der Waals surface area contributed by atoms with E-state index < -0.39 is 0 Å². The topological polar surface area (TPSA) is 50.8 Å². The molecule has 0 spiro atoms. The number of carbonyl (C=O) groups is 1. The van der Waals surface area contributed by atoms with Gasteiger partial charge in [-0.2, -0.15) is 0 Å². The number of carbonyl (C=O) groups excluding carboxylic acids is 1. The smallest absolute Gasteiger partial charge is 0.238 e. The fourth-order valence-electron chi connectivity index (χ4n) is 2.78. The number of nitrogens with zero attached hydrogens (tertiary/aromatic N) is 1. The Morgan fingerprint density at radius 3 is 2.95 bits per heavy atom. The summed E-state index contributed by atoms with van der Waals surface area (Å²) in [5.74, 6) is 0.118. The van der Waals surface area contributed by atoms with Crippen LogP contribution in [0.3, 0.4) is 0 Å². The lowest BCUT2D eigenvalue weighted by atomic mass is 10.1. The van der Waals surface area contributed by atoms with Gasteiger partial charge in [-0.15, -0.1) is 0 Å². The average Bonchev–Trinajstić information content (AvgIpc) is 2.82. The summed E-state index contributed by atoms with van der Waals surface area (Å²) in [5.41, 5.74) is 2.33. The first-order chi connectivity index (χ1) is 9.75. The van der Waals surface area contributed by atoms with Gasteiger partial charge in [0.05, 0.1) is 39.0 Å². The quantitative estimate of drug-likeness (QED) is 0.889. The first kappa shape index (κ1) is 13.5. The Kier molecular flexibility index (Phi) is 4.00. The number of hydrogen-bond donors (Lipinski definition) is 1. The lowest BCUT2D eigenvalue weighted by molar-refractivity contribution is -0.135. The van der Waals surface area contributed by atoms with Crippen LogP contribution in [0.5, 0.6) is 0 Å². The van der Waals surface area contributed by atoms with Crippen LogP contribution in [-0.4, -0.2) is 49.8 Å². The van der Waals surface area contributed by atoms with Crippen molar-refractivity contribution in [2.45, 2.75) is 19.2 Å². The van der Waals surface area contributed by atoms with Crippen molar-refractivity contribution in [3.8, 4) is 0 Å². The standard InChI is InChI=1S/C15H20N2O3/c1-11-4-2-3-5-13(11)15-16-8-14(18)17(15)9-12-10-19-6-7-20-12/h2-5,12,15-16H,6-10H2,1H3. The molecule has 1 N–H and O–H groups in total. The second-order valence-electron chi connectivity index (χ2n) is 5.25. The van der Waals surface area contributed by atoms with Gasteiger partial charge in [0.25, 0.3) is 0 Å². The molecule has 5 nitrogen and oxygen atoms in total. The van der Waals surface area contributed by atoms with Crippen LogP contribution in [0.25, 0.3) is 0 Å². The minimum Gasteiger partial charge on any atom is -0.376 e. The van der Waals surface area contributed by atoms with Gasteiger partial charge in [-0.25, -0.2) is 0 Å². The predicted molar refractivity (Wildman–Crippen MR) is 74.2 cm³/mol. The molecule has 2 aliphatic heterocycles. The third-order valence-corrected chi connectivity index (χ3v) is 3.85. The Morgan fingerprint density at radius 1 is 1.35 bits per heavy atom. The molecule has 1 aromatic carbocycles. The molecule has 1 amide bonds. The summed E-state index contributed by atoms with van der Waals surface area (Å²) in [6, 6.07) is 8.15. The Labute approximate surface area is 118 Å². The van der Waals surface area contributed by atoms with Crippen molar-refractivity contribution in [2.75, 3.05) is 32.9 Å². The van der Waals surface area contributed by atoms with Crippen molar-refractivity contribution in [2.24, 2.45) is 0 Å². The summed E-state index contributed by atoms with van der Waals surface area (Å²) in [4.78, 5) is 14.0. The molecule has 2 atom stereocenters. The highest BCUT2D eigenvalue weighted by Crippen LogP contribution is 2.25. The van der Waals surface area contributed by atoms with Crippen LogP contribution in [0, 0.1) is 6.92 Å². The third kappa shape index (κ3) is 2.70. The maximum absolute atomic E-state index is 12.1. The van der Waals surface area contributed by atoms with Gasteiger partial charge in [0.1, 0.15) is 6.17 Å². The van der Waals surface area contributed by atoms with E-state index >= 15 is 0 Å². The Balaban J connectivity index is 1.76. The van der Waals surface area contributed by atoms with E-state index in [1.165, 1.54) is 5.56 Å². The Morgan fingerprint density at radius 2 is 2.20 bits per heavy atom. The fourth-order valence-corrected chi connectivity index (χ4v) is 2.78. The molecule has 1 aromatic rings. The van der Waals surface area contributed by atoms with E-state index in [4.69, 9.17) is 9.47 Å². The number of benzene rings is 1. The lowest BCUT2D eigenvalue weighted by Crippen LogP contribution is -2.42. The van der Waals surface area contributed by atoms with Crippen LogP contribution in [0.4, 0.5) is 0 Å². The van der Waals surface area contributed by atoms with Crippen molar-refractivity contribution in [3.63, 3.8) is 0 Å². The molecule has 5 heteroatoms. The molecule has 2 heterocycles. The lowest BCUT2D eigenvalue weighted by Gasteiger charge is -2.31. The largest absolute Gasteiger partial charge is 0.376 e. The normalized spacial score (nSPS) is 27.1. The van der Waals surface area contributed by atoms with E-state index in [2.05, 4.69) is 24.4 Å². The highest BCUT2D eigenvalue weighted by molar-refractivity contribution is 5.81. The summed E-state index contributed by atoms with van der Waals surface area (Å²) < 4.78 is 11.1. The van der Waals surface area contributed by atoms with Crippen LogP contribution in [0.2, 0.25) is 0 Å². The van der Waals surface area contributed by atoms with Gasteiger partial charge < -0.3 is 14.4 Å². The average molecular weight is 276 g/mol. The highest BCUT2D eigenvalue weighted by atomic mass is 16.6. The molecule has 2 aliphatic rings.